The Bertz CT molecular complexity index is 1160. The molecule has 4 rings (SSSR count). The van der Waals surface area contributed by atoms with Gasteiger partial charge in [0.15, 0.2) is 6.61 Å². The van der Waals surface area contributed by atoms with E-state index in [4.69, 9.17) is 4.74 Å². The Kier molecular flexibility index (Phi) is 5.99. The van der Waals surface area contributed by atoms with Crippen LogP contribution in [0.1, 0.15) is 23.2 Å². The lowest BCUT2D eigenvalue weighted by Gasteiger charge is -2.29. The zero-order chi connectivity index (χ0) is 21.1. The molecule has 6 nitrogen and oxygen atoms in total. The quantitative estimate of drug-likeness (QED) is 0.428. The summed E-state index contributed by atoms with van der Waals surface area (Å²) in [7, 11) is -3.50. The van der Waals surface area contributed by atoms with Gasteiger partial charge in [-0.3, -0.25) is 9.59 Å². The van der Waals surface area contributed by atoms with Gasteiger partial charge in [0, 0.05) is 18.7 Å². The van der Waals surface area contributed by atoms with E-state index in [1.165, 1.54) is 15.6 Å². The predicted molar refractivity (Wildman–Crippen MR) is 115 cm³/mol. The summed E-state index contributed by atoms with van der Waals surface area (Å²) in [5, 5.41) is 3.51. The van der Waals surface area contributed by atoms with Gasteiger partial charge >= 0.3 is 5.97 Å². The third kappa shape index (κ3) is 4.16. The summed E-state index contributed by atoms with van der Waals surface area (Å²) in [6.07, 6.45) is 0.762. The second-order valence-corrected chi connectivity index (χ2v) is 10.3. The Balaban J connectivity index is 1.34. The number of benzene rings is 2. The average molecular weight is 444 g/mol. The molecule has 1 aliphatic rings. The van der Waals surface area contributed by atoms with Gasteiger partial charge in [0.25, 0.3) is 10.0 Å². The lowest BCUT2D eigenvalue weighted by atomic mass is 9.98. The Hall–Kier alpha value is -2.55. The van der Waals surface area contributed by atoms with Crippen LogP contribution >= 0.6 is 11.3 Å². The zero-order valence-corrected chi connectivity index (χ0v) is 17.8. The predicted octanol–water partition coefficient (Wildman–Crippen LogP) is 3.73. The number of carbonyl (C=O) groups is 2. The minimum absolute atomic E-state index is 0.252. The highest BCUT2D eigenvalue weighted by Gasteiger charge is 2.33. The Morgan fingerprint density at radius 1 is 1.00 bits per heavy atom. The SMILES string of the molecule is O=C(COC(=O)C1CCN(S(=O)(=O)c2cccs2)CC1)c1cccc2ccccc12. The number of Topliss-reactive ketones (excluding diaryl/α,β-unsaturated/α-hetero) is 1. The monoisotopic (exact) mass is 443 g/mol. The number of ketones is 1. The molecule has 8 heteroatoms. The summed E-state index contributed by atoms with van der Waals surface area (Å²) in [5.41, 5.74) is 0.526. The largest absolute Gasteiger partial charge is 0.457 e. The van der Waals surface area contributed by atoms with Gasteiger partial charge in [0.05, 0.1) is 5.92 Å². The molecule has 2 heterocycles. The van der Waals surface area contributed by atoms with Gasteiger partial charge in [0.2, 0.25) is 5.78 Å². The zero-order valence-electron chi connectivity index (χ0n) is 16.2. The summed E-state index contributed by atoms with van der Waals surface area (Å²) in [6, 6.07) is 16.3. The summed E-state index contributed by atoms with van der Waals surface area (Å²) in [6.45, 7) is 0.203. The van der Waals surface area contributed by atoms with Gasteiger partial charge in [-0.25, -0.2) is 8.42 Å². The van der Waals surface area contributed by atoms with Crippen molar-refractivity contribution in [2.45, 2.75) is 17.1 Å². The lowest BCUT2D eigenvalue weighted by Crippen LogP contribution is -2.40. The number of esters is 1. The first-order valence-corrected chi connectivity index (χ1v) is 12.0. The second kappa shape index (κ2) is 8.67. The van der Waals surface area contributed by atoms with Crippen LogP contribution in [0, 0.1) is 5.92 Å². The Morgan fingerprint density at radius 3 is 2.47 bits per heavy atom. The number of fused-ring (bicyclic) bond motifs is 1. The molecule has 3 aromatic rings. The van der Waals surface area contributed by atoms with E-state index in [0.29, 0.717) is 22.6 Å². The smallest absolute Gasteiger partial charge is 0.309 e. The van der Waals surface area contributed by atoms with E-state index >= 15 is 0 Å². The third-order valence-electron chi connectivity index (χ3n) is 5.31. The highest BCUT2D eigenvalue weighted by atomic mass is 32.2. The molecule has 1 aromatic heterocycles. The number of nitrogens with zero attached hydrogens (tertiary/aromatic N) is 1. The van der Waals surface area contributed by atoms with E-state index < -0.39 is 21.9 Å². The fraction of sp³-hybridized carbons (Fsp3) is 0.273. The first-order valence-electron chi connectivity index (χ1n) is 9.68. The molecule has 0 bridgehead atoms. The molecule has 0 aliphatic carbocycles. The van der Waals surface area contributed by atoms with Crippen LogP contribution in [0.4, 0.5) is 0 Å². The van der Waals surface area contributed by atoms with Gasteiger partial charge < -0.3 is 4.74 Å². The fourth-order valence-electron chi connectivity index (χ4n) is 3.67. The molecule has 0 N–H and O–H groups in total. The lowest BCUT2D eigenvalue weighted by molar-refractivity contribution is -0.148. The maximum atomic E-state index is 12.6. The van der Waals surface area contributed by atoms with Crippen LogP contribution < -0.4 is 0 Å². The molecular weight excluding hydrogens is 422 g/mol. The molecule has 0 amide bonds. The Morgan fingerprint density at radius 2 is 1.73 bits per heavy atom. The van der Waals surface area contributed by atoms with Gasteiger partial charge in [-0.05, 0) is 35.1 Å². The Labute approximate surface area is 179 Å². The van der Waals surface area contributed by atoms with Crippen molar-refractivity contribution in [3.05, 3.63) is 65.5 Å². The highest BCUT2D eigenvalue weighted by Crippen LogP contribution is 2.27. The van der Waals surface area contributed by atoms with Crippen LogP contribution in [-0.4, -0.2) is 44.2 Å². The molecule has 1 fully saturated rings. The standard InChI is InChI=1S/C22H21NO5S2/c24-20(19-8-3-6-16-5-1-2-7-18(16)19)15-28-22(25)17-10-12-23(13-11-17)30(26,27)21-9-4-14-29-21/h1-9,14,17H,10-13,15H2. The number of carbonyl (C=O) groups excluding carboxylic acids is 2. The molecule has 0 radical (unpaired) electrons. The van der Waals surface area contributed by atoms with Gasteiger partial charge in [-0.15, -0.1) is 11.3 Å². The molecule has 1 saturated heterocycles. The molecule has 0 spiro atoms. The van der Waals surface area contributed by atoms with Gasteiger partial charge in [-0.1, -0.05) is 48.5 Å². The van der Waals surface area contributed by atoms with E-state index in [1.54, 1.807) is 29.6 Å². The third-order valence-corrected chi connectivity index (χ3v) is 8.58. The maximum Gasteiger partial charge on any atom is 0.309 e. The van der Waals surface area contributed by atoms with Gasteiger partial charge in [0.1, 0.15) is 4.21 Å². The number of hydrogen-bond acceptors (Lipinski definition) is 6. The molecular formula is C22H21NO5S2. The van der Waals surface area contributed by atoms with E-state index in [1.807, 2.05) is 30.3 Å². The van der Waals surface area contributed by atoms with Crippen LogP contribution in [0.5, 0.6) is 0 Å². The first kappa shape index (κ1) is 20.7. The topological polar surface area (TPSA) is 80.8 Å². The van der Waals surface area contributed by atoms with Crippen molar-refractivity contribution in [3.8, 4) is 0 Å². The number of thiophene rings is 1. The highest BCUT2D eigenvalue weighted by molar-refractivity contribution is 7.91. The van der Waals surface area contributed by atoms with Crippen LogP contribution in [0.2, 0.25) is 0 Å². The molecule has 0 unspecified atom stereocenters. The van der Waals surface area contributed by atoms with Crippen molar-refractivity contribution in [1.82, 2.24) is 4.31 Å². The summed E-state index contributed by atoms with van der Waals surface area (Å²) in [4.78, 5) is 25.0. The number of piperidine rings is 1. The van der Waals surface area contributed by atoms with Crippen molar-refractivity contribution in [2.75, 3.05) is 19.7 Å². The number of ether oxygens (including phenoxy) is 1. The molecule has 30 heavy (non-hydrogen) atoms. The number of sulfonamides is 1. The van der Waals surface area contributed by atoms with Crippen LogP contribution in [0.3, 0.4) is 0 Å². The minimum Gasteiger partial charge on any atom is -0.457 e. The number of rotatable bonds is 6. The second-order valence-electron chi connectivity index (χ2n) is 7.17. The van der Waals surface area contributed by atoms with E-state index in [9.17, 15) is 18.0 Å². The molecule has 1 aliphatic heterocycles. The van der Waals surface area contributed by atoms with Crippen LogP contribution in [0.25, 0.3) is 10.8 Å². The van der Waals surface area contributed by atoms with Crippen LogP contribution in [-0.2, 0) is 19.6 Å². The van der Waals surface area contributed by atoms with Crippen molar-refractivity contribution in [1.29, 1.82) is 0 Å². The maximum absolute atomic E-state index is 12.6. The fourth-order valence-corrected chi connectivity index (χ4v) is 6.28. The molecule has 0 saturated carbocycles. The summed E-state index contributed by atoms with van der Waals surface area (Å²) < 4.78 is 32.2. The molecule has 0 atom stereocenters. The van der Waals surface area contributed by atoms with E-state index in [-0.39, 0.29) is 25.5 Å². The molecule has 156 valence electrons. The van der Waals surface area contributed by atoms with E-state index in [0.717, 1.165) is 10.8 Å². The van der Waals surface area contributed by atoms with Crippen molar-refractivity contribution >= 4 is 43.9 Å². The summed E-state index contributed by atoms with van der Waals surface area (Å²) >= 11 is 1.18. The minimum atomic E-state index is -3.50. The van der Waals surface area contributed by atoms with Crippen LogP contribution in [0.15, 0.2) is 64.2 Å². The molecule has 2 aromatic carbocycles. The first-order chi connectivity index (χ1) is 14.5. The number of hydrogen-bond donors (Lipinski definition) is 0. The van der Waals surface area contributed by atoms with Crippen molar-refractivity contribution in [2.24, 2.45) is 5.92 Å². The van der Waals surface area contributed by atoms with Gasteiger partial charge in [-0.2, -0.15) is 4.31 Å². The van der Waals surface area contributed by atoms with Crippen molar-refractivity contribution < 1.29 is 22.7 Å². The van der Waals surface area contributed by atoms with E-state index in [2.05, 4.69) is 0 Å². The summed E-state index contributed by atoms with van der Waals surface area (Å²) in [5.74, 6) is -1.10. The normalized spacial score (nSPS) is 15.9. The van der Waals surface area contributed by atoms with Crippen molar-refractivity contribution in [3.63, 3.8) is 0 Å². The average Bonchev–Trinajstić information content (AvgIpc) is 3.33.